The van der Waals surface area contributed by atoms with Crippen LogP contribution in [0.25, 0.3) is 0 Å². The van der Waals surface area contributed by atoms with Gasteiger partial charge in [-0.3, -0.25) is 4.99 Å². The van der Waals surface area contributed by atoms with E-state index in [0.29, 0.717) is 23.8 Å². The van der Waals surface area contributed by atoms with Gasteiger partial charge in [0, 0.05) is 22.4 Å². The predicted molar refractivity (Wildman–Crippen MR) is 130 cm³/mol. The van der Waals surface area contributed by atoms with Gasteiger partial charge in [-0.15, -0.1) is 11.6 Å². The molecule has 0 aliphatic rings. The van der Waals surface area contributed by atoms with Crippen LogP contribution in [0, 0.1) is 5.82 Å². The van der Waals surface area contributed by atoms with Crippen molar-refractivity contribution in [3.05, 3.63) is 46.4 Å². The summed E-state index contributed by atoms with van der Waals surface area (Å²) >= 11 is 5.96. The maximum absolute atomic E-state index is 14.8. The number of benzene rings is 1. The number of amidine groups is 1. The third kappa shape index (κ3) is 9.10. The molecule has 174 valence electrons. The van der Waals surface area contributed by atoms with Crippen LogP contribution in [0.4, 0.5) is 8.78 Å². The van der Waals surface area contributed by atoms with Crippen LogP contribution in [0.3, 0.4) is 0 Å². The second-order valence-corrected chi connectivity index (χ2v) is 8.46. The van der Waals surface area contributed by atoms with Gasteiger partial charge >= 0.3 is 0 Å². The molecule has 0 saturated heterocycles. The summed E-state index contributed by atoms with van der Waals surface area (Å²) in [5.41, 5.74) is 0.561. The average molecular weight is 454 g/mol. The number of aliphatic imine (C=N–C) groups is 2. The number of alkyl halides is 2. The van der Waals surface area contributed by atoms with E-state index < -0.39 is 11.5 Å². The Bertz CT molecular complexity index is 752. The smallest absolute Gasteiger partial charge is 0.151 e. The number of hydrogen-bond donors (Lipinski definition) is 1. The lowest BCUT2D eigenvalue weighted by molar-refractivity contribution is 0.213. The Morgan fingerprint density at radius 3 is 2.39 bits per heavy atom. The Hall–Kier alpha value is -1.75. The lowest BCUT2D eigenvalue weighted by Crippen LogP contribution is -2.17. The van der Waals surface area contributed by atoms with Crippen molar-refractivity contribution in [3.8, 4) is 0 Å². The SMILES string of the molecule is C=NC(=NCc1cccc(C(C)(C)F)c1F)/C(CC)=C(/CCCCCCCC)NCCl. The van der Waals surface area contributed by atoms with Crippen LogP contribution in [-0.4, -0.2) is 18.6 Å². The van der Waals surface area contributed by atoms with E-state index in [9.17, 15) is 8.78 Å². The molecule has 1 aromatic carbocycles. The van der Waals surface area contributed by atoms with Gasteiger partial charge in [0.2, 0.25) is 0 Å². The van der Waals surface area contributed by atoms with E-state index in [1.54, 1.807) is 12.1 Å². The molecule has 6 heteroatoms. The van der Waals surface area contributed by atoms with Crippen LogP contribution in [0.2, 0.25) is 0 Å². The van der Waals surface area contributed by atoms with Crippen molar-refractivity contribution in [1.82, 2.24) is 5.32 Å². The number of hydrogen-bond acceptors (Lipinski definition) is 2. The second kappa shape index (κ2) is 14.3. The minimum Gasteiger partial charge on any atom is -0.375 e. The topological polar surface area (TPSA) is 36.8 Å². The van der Waals surface area contributed by atoms with Gasteiger partial charge in [-0.2, -0.15) is 0 Å². The van der Waals surface area contributed by atoms with E-state index in [0.717, 1.165) is 30.5 Å². The standard InChI is InChI=1S/C25H38ClF2N3/c1-6-8-9-10-11-12-16-22(31-18-26)20(7-2)24(29-5)30-17-19-14-13-15-21(23(19)27)25(3,4)28/h13-15,31H,5-12,16-18H2,1-4H3/b22-20-,30-24?. The first-order valence-corrected chi connectivity index (χ1v) is 11.8. The number of rotatable bonds is 14. The van der Waals surface area contributed by atoms with Crippen molar-refractivity contribution in [3.63, 3.8) is 0 Å². The Balaban J connectivity index is 3.05. The molecule has 0 aliphatic carbocycles. The van der Waals surface area contributed by atoms with Gasteiger partial charge in [-0.25, -0.2) is 13.8 Å². The zero-order chi connectivity index (χ0) is 23.3. The first-order valence-electron chi connectivity index (χ1n) is 11.3. The molecule has 0 aromatic heterocycles. The number of nitrogens with zero attached hydrogens (tertiary/aromatic N) is 2. The molecule has 1 N–H and O–H groups in total. The van der Waals surface area contributed by atoms with Gasteiger partial charge in [0.15, 0.2) is 5.84 Å². The predicted octanol–water partition coefficient (Wildman–Crippen LogP) is 7.83. The van der Waals surface area contributed by atoms with Crippen molar-refractivity contribution >= 4 is 24.2 Å². The summed E-state index contributed by atoms with van der Waals surface area (Å²) in [4.78, 5) is 8.63. The lowest BCUT2D eigenvalue weighted by Gasteiger charge is -2.17. The molecule has 0 heterocycles. The summed E-state index contributed by atoms with van der Waals surface area (Å²) in [5, 5.41) is 3.24. The fourth-order valence-corrected chi connectivity index (χ4v) is 3.74. The highest BCUT2D eigenvalue weighted by atomic mass is 35.5. The zero-order valence-electron chi connectivity index (χ0n) is 19.5. The molecule has 31 heavy (non-hydrogen) atoms. The summed E-state index contributed by atoms with van der Waals surface area (Å²) in [6.07, 6.45) is 8.77. The van der Waals surface area contributed by atoms with Crippen LogP contribution < -0.4 is 5.32 Å². The fraction of sp³-hybridized carbons (Fsp3) is 0.600. The summed E-state index contributed by atoms with van der Waals surface area (Å²) in [7, 11) is 0. The van der Waals surface area contributed by atoms with Gasteiger partial charge in [0.1, 0.15) is 11.5 Å². The maximum atomic E-state index is 14.8. The second-order valence-electron chi connectivity index (χ2n) is 8.19. The van der Waals surface area contributed by atoms with E-state index in [4.69, 9.17) is 11.6 Å². The number of halogens is 3. The molecular weight excluding hydrogens is 416 g/mol. The number of nitrogens with one attached hydrogen (secondary N) is 1. The zero-order valence-corrected chi connectivity index (χ0v) is 20.3. The van der Waals surface area contributed by atoms with Crippen molar-refractivity contribution in [2.75, 3.05) is 6.00 Å². The molecule has 1 aromatic rings. The first kappa shape index (κ1) is 27.3. The molecule has 0 spiro atoms. The average Bonchev–Trinajstić information content (AvgIpc) is 2.73. The third-order valence-corrected chi connectivity index (χ3v) is 5.45. The normalized spacial score (nSPS) is 13.2. The largest absolute Gasteiger partial charge is 0.375 e. The Morgan fingerprint density at radius 1 is 1.13 bits per heavy atom. The summed E-state index contributed by atoms with van der Waals surface area (Å²) in [6.45, 7) is 10.7. The van der Waals surface area contributed by atoms with Crippen molar-refractivity contribution in [2.24, 2.45) is 9.98 Å². The van der Waals surface area contributed by atoms with Crippen LogP contribution >= 0.6 is 11.6 Å². The van der Waals surface area contributed by atoms with E-state index >= 15 is 0 Å². The molecule has 0 aliphatic heterocycles. The quantitative estimate of drug-likeness (QED) is 0.101. The summed E-state index contributed by atoms with van der Waals surface area (Å²) in [6, 6.07) is 5.04. The minimum absolute atomic E-state index is 0.0344. The molecule has 0 atom stereocenters. The van der Waals surface area contributed by atoms with Crippen LogP contribution in [0.15, 0.2) is 39.5 Å². The van der Waals surface area contributed by atoms with Gasteiger partial charge in [-0.1, -0.05) is 64.2 Å². The molecule has 3 nitrogen and oxygen atoms in total. The molecule has 0 amide bonds. The van der Waals surface area contributed by atoms with Crippen LogP contribution in [-0.2, 0) is 12.2 Å². The number of allylic oxidation sites excluding steroid dienone is 1. The van der Waals surface area contributed by atoms with E-state index in [1.807, 2.05) is 6.92 Å². The summed E-state index contributed by atoms with van der Waals surface area (Å²) < 4.78 is 29.1. The van der Waals surface area contributed by atoms with Crippen molar-refractivity contribution in [1.29, 1.82) is 0 Å². The van der Waals surface area contributed by atoms with Crippen LogP contribution in [0.1, 0.15) is 90.2 Å². The van der Waals surface area contributed by atoms with Crippen LogP contribution in [0.5, 0.6) is 0 Å². The Morgan fingerprint density at radius 2 is 1.81 bits per heavy atom. The van der Waals surface area contributed by atoms with Gasteiger partial charge in [0.25, 0.3) is 0 Å². The highest BCUT2D eigenvalue weighted by molar-refractivity contribution is 6.17. The summed E-state index contributed by atoms with van der Waals surface area (Å²) in [5.74, 6) is -0.0826. The Labute approximate surface area is 192 Å². The molecule has 0 bridgehead atoms. The Kier molecular flexibility index (Phi) is 12.6. The van der Waals surface area contributed by atoms with Crippen molar-refractivity contribution in [2.45, 2.75) is 91.3 Å². The third-order valence-electron chi connectivity index (χ3n) is 5.32. The highest BCUT2D eigenvalue weighted by Crippen LogP contribution is 2.29. The molecule has 0 fully saturated rings. The molecule has 0 radical (unpaired) electrons. The van der Waals surface area contributed by atoms with Gasteiger partial charge in [0.05, 0.1) is 12.5 Å². The molecule has 0 saturated carbocycles. The van der Waals surface area contributed by atoms with Crippen molar-refractivity contribution < 1.29 is 8.78 Å². The van der Waals surface area contributed by atoms with Gasteiger partial charge < -0.3 is 5.32 Å². The molecule has 1 rings (SSSR count). The molecule has 0 unspecified atom stereocenters. The van der Waals surface area contributed by atoms with E-state index in [-0.39, 0.29) is 12.1 Å². The van der Waals surface area contributed by atoms with Gasteiger partial charge in [-0.05, 0) is 39.8 Å². The highest BCUT2D eigenvalue weighted by Gasteiger charge is 2.24. The number of unbranched alkanes of at least 4 members (excludes halogenated alkanes) is 5. The lowest BCUT2D eigenvalue weighted by atomic mass is 9.97. The monoisotopic (exact) mass is 453 g/mol. The van der Waals surface area contributed by atoms with E-state index in [1.165, 1.54) is 45.6 Å². The van der Waals surface area contributed by atoms with E-state index in [2.05, 4.69) is 28.9 Å². The maximum Gasteiger partial charge on any atom is 0.151 e. The fourth-order valence-electron chi connectivity index (χ4n) is 3.58. The minimum atomic E-state index is -1.76. The molecular formula is C25H38ClF2N3. The first-order chi connectivity index (χ1) is 14.8.